The average molecular weight is 249 g/mol. The van der Waals surface area contributed by atoms with Crippen molar-refractivity contribution in [3.05, 3.63) is 52.1 Å². The topological polar surface area (TPSA) is 36.7 Å². The van der Waals surface area contributed by atoms with Crippen molar-refractivity contribution < 1.29 is 0 Å². The summed E-state index contributed by atoms with van der Waals surface area (Å²) in [6, 6.07) is 10.6. The fraction of sp³-hybridized carbons (Fsp3) is 0. The third-order valence-corrected chi connectivity index (χ3v) is 2.50. The van der Waals surface area contributed by atoms with E-state index in [0.717, 1.165) is 5.56 Å². The number of hydrogen-bond donors (Lipinski definition) is 0. The van der Waals surface area contributed by atoms with Crippen LogP contribution < -0.4 is 0 Å². The van der Waals surface area contributed by atoms with E-state index in [1.54, 1.807) is 36.5 Å². The van der Waals surface area contributed by atoms with E-state index in [4.69, 9.17) is 28.5 Å². The molecule has 0 aliphatic carbocycles. The minimum atomic E-state index is 0.501. The van der Waals surface area contributed by atoms with E-state index < -0.39 is 0 Å². The Morgan fingerprint density at radius 2 is 1.81 bits per heavy atom. The van der Waals surface area contributed by atoms with Crippen LogP contribution in [0.4, 0.5) is 0 Å². The summed E-state index contributed by atoms with van der Waals surface area (Å²) in [5.74, 6) is 0. The second-order valence-electron chi connectivity index (χ2n) is 3.17. The molecule has 2 aromatic rings. The second-order valence-corrected chi connectivity index (χ2v) is 4.04. The standard InChI is InChI=1S/C12H6Cl2N2/c13-10-4-9(5-11(14)6-10)12-8(7-15)2-1-3-16-12/h1-6H. The van der Waals surface area contributed by atoms with Gasteiger partial charge in [0.15, 0.2) is 0 Å². The molecule has 0 bridgehead atoms. The van der Waals surface area contributed by atoms with Gasteiger partial charge in [0.05, 0.1) is 11.3 Å². The molecule has 0 amide bonds. The maximum Gasteiger partial charge on any atom is 0.101 e. The summed E-state index contributed by atoms with van der Waals surface area (Å²) in [6.45, 7) is 0. The van der Waals surface area contributed by atoms with Crippen LogP contribution >= 0.6 is 23.2 Å². The van der Waals surface area contributed by atoms with Crippen molar-refractivity contribution in [2.24, 2.45) is 0 Å². The summed E-state index contributed by atoms with van der Waals surface area (Å²) in [6.07, 6.45) is 1.63. The molecule has 1 aromatic carbocycles. The second kappa shape index (κ2) is 4.52. The maximum atomic E-state index is 8.96. The summed E-state index contributed by atoms with van der Waals surface area (Å²) < 4.78 is 0. The highest BCUT2D eigenvalue weighted by atomic mass is 35.5. The lowest BCUT2D eigenvalue weighted by atomic mass is 10.1. The zero-order valence-electron chi connectivity index (χ0n) is 8.11. The number of aromatic nitrogens is 1. The number of benzene rings is 1. The van der Waals surface area contributed by atoms with Crippen molar-refractivity contribution in [2.75, 3.05) is 0 Å². The Kier molecular flexibility index (Phi) is 3.09. The quantitative estimate of drug-likeness (QED) is 0.767. The monoisotopic (exact) mass is 248 g/mol. The molecule has 1 aromatic heterocycles. The molecule has 2 nitrogen and oxygen atoms in total. The number of pyridine rings is 1. The molecule has 78 valence electrons. The number of hydrogen-bond acceptors (Lipinski definition) is 2. The normalized spacial score (nSPS) is 9.81. The van der Waals surface area contributed by atoms with Gasteiger partial charge in [-0.05, 0) is 30.3 Å². The number of halogens is 2. The van der Waals surface area contributed by atoms with Crippen LogP contribution in [0.15, 0.2) is 36.5 Å². The Morgan fingerprint density at radius 3 is 2.44 bits per heavy atom. The zero-order valence-corrected chi connectivity index (χ0v) is 9.63. The highest BCUT2D eigenvalue weighted by Gasteiger charge is 2.07. The average Bonchev–Trinajstić information content (AvgIpc) is 2.27. The molecule has 0 fully saturated rings. The lowest BCUT2D eigenvalue weighted by molar-refractivity contribution is 1.30. The van der Waals surface area contributed by atoms with Crippen LogP contribution in [0.2, 0.25) is 10.0 Å². The van der Waals surface area contributed by atoms with E-state index in [9.17, 15) is 0 Å². The number of nitrogens with zero attached hydrogens (tertiary/aromatic N) is 2. The largest absolute Gasteiger partial charge is 0.255 e. The molecule has 0 saturated heterocycles. The Morgan fingerprint density at radius 1 is 1.12 bits per heavy atom. The van der Waals surface area contributed by atoms with E-state index in [1.165, 1.54) is 0 Å². The minimum absolute atomic E-state index is 0.501. The Balaban J connectivity index is 2.63. The van der Waals surface area contributed by atoms with Gasteiger partial charge in [0.1, 0.15) is 6.07 Å². The maximum absolute atomic E-state index is 8.96. The first-order chi connectivity index (χ1) is 7.70. The highest BCUT2D eigenvalue weighted by Crippen LogP contribution is 2.27. The Hall–Kier alpha value is -1.56. The van der Waals surface area contributed by atoms with Gasteiger partial charge in [-0.3, -0.25) is 4.98 Å². The van der Waals surface area contributed by atoms with Crippen LogP contribution in [0.25, 0.3) is 11.3 Å². The fourth-order valence-electron chi connectivity index (χ4n) is 1.42. The smallest absolute Gasteiger partial charge is 0.101 e. The van der Waals surface area contributed by atoms with Gasteiger partial charge in [-0.1, -0.05) is 23.2 Å². The van der Waals surface area contributed by atoms with Crippen molar-refractivity contribution in [1.29, 1.82) is 5.26 Å². The van der Waals surface area contributed by atoms with Gasteiger partial charge in [0.25, 0.3) is 0 Å². The first-order valence-electron chi connectivity index (χ1n) is 4.52. The molecule has 0 aliphatic rings. The summed E-state index contributed by atoms with van der Waals surface area (Å²) in [5.41, 5.74) is 1.84. The van der Waals surface area contributed by atoms with Crippen LogP contribution in [0, 0.1) is 11.3 Å². The SMILES string of the molecule is N#Cc1cccnc1-c1cc(Cl)cc(Cl)c1. The lowest BCUT2D eigenvalue weighted by Crippen LogP contribution is -1.88. The van der Waals surface area contributed by atoms with Crippen molar-refractivity contribution in [2.45, 2.75) is 0 Å². The molecule has 1 heterocycles. The third kappa shape index (κ3) is 2.16. The van der Waals surface area contributed by atoms with Crippen molar-refractivity contribution in [3.8, 4) is 17.3 Å². The van der Waals surface area contributed by atoms with Gasteiger partial charge in [-0.15, -0.1) is 0 Å². The molecular weight excluding hydrogens is 243 g/mol. The molecule has 16 heavy (non-hydrogen) atoms. The van der Waals surface area contributed by atoms with Crippen LogP contribution in [0.1, 0.15) is 5.56 Å². The molecule has 0 radical (unpaired) electrons. The van der Waals surface area contributed by atoms with Crippen LogP contribution in [-0.4, -0.2) is 4.98 Å². The van der Waals surface area contributed by atoms with Gasteiger partial charge in [-0.25, -0.2) is 0 Å². The van der Waals surface area contributed by atoms with E-state index in [0.29, 0.717) is 21.3 Å². The molecular formula is C12H6Cl2N2. The van der Waals surface area contributed by atoms with Crippen LogP contribution in [0.3, 0.4) is 0 Å². The van der Waals surface area contributed by atoms with E-state index in [1.807, 2.05) is 0 Å². The molecule has 4 heteroatoms. The summed E-state index contributed by atoms with van der Waals surface area (Å²) in [5, 5.41) is 10.0. The van der Waals surface area contributed by atoms with E-state index in [2.05, 4.69) is 11.1 Å². The van der Waals surface area contributed by atoms with Gasteiger partial charge in [0, 0.05) is 21.8 Å². The Labute approximate surface area is 103 Å². The van der Waals surface area contributed by atoms with Crippen LogP contribution in [-0.2, 0) is 0 Å². The molecule has 2 rings (SSSR count). The molecule has 0 saturated carbocycles. The van der Waals surface area contributed by atoms with E-state index in [-0.39, 0.29) is 0 Å². The van der Waals surface area contributed by atoms with Gasteiger partial charge < -0.3 is 0 Å². The Bertz CT molecular complexity index is 553. The molecule has 0 unspecified atom stereocenters. The van der Waals surface area contributed by atoms with Gasteiger partial charge in [-0.2, -0.15) is 5.26 Å². The molecule has 0 N–H and O–H groups in total. The first kappa shape index (κ1) is 10.9. The van der Waals surface area contributed by atoms with Crippen molar-refractivity contribution in [1.82, 2.24) is 4.98 Å². The van der Waals surface area contributed by atoms with Crippen LogP contribution in [0.5, 0.6) is 0 Å². The van der Waals surface area contributed by atoms with Gasteiger partial charge in [0.2, 0.25) is 0 Å². The summed E-state index contributed by atoms with van der Waals surface area (Å²) in [7, 11) is 0. The van der Waals surface area contributed by atoms with Gasteiger partial charge >= 0.3 is 0 Å². The zero-order chi connectivity index (χ0) is 11.5. The van der Waals surface area contributed by atoms with Crippen molar-refractivity contribution >= 4 is 23.2 Å². The third-order valence-electron chi connectivity index (χ3n) is 2.06. The van der Waals surface area contributed by atoms with E-state index >= 15 is 0 Å². The first-order valence-corrected chi connectivity index (χ1v) is 5.28. The summed E-state index contributed by atoms with van der Waals surface area (Å²) >= 11 is 11.8. The summed E-state index contributed by atoms with van der Waals surface area (Å²) in [4.78, 5) is 4.16. The number of rotatable bonds is 1. The predicted molar refractivity (Wildman–Crippen MR) is 64.4 cm³/mol. The lowest BCUT2D eigenvalue weighted by Gasteiger charge is -2.04. The minimum Gasteiger partial charge on any atom is -0.255 e. The molecule has 0 spiro atoms. The number of nitriles is 1. The molecule has 0 aliphatic heterocycles. The molecule has 0 atom stereocenters. The predicted octanol–water partition coefficient (Wildman–Crippen LogP) is 3.93. The fourth-order valence-corrected chi connectivity index (χ4v) is 1.94. The highest BCUT2D eigenvalue weighted by molar-refractivity contribution is 6.35. The van der Waals surface area contributed by atoms with Crippen molar-refractivity contribution in [3.63, 3.8) is 0 Å².